The molecule has 32 heavy (non-hydrogen) atoms. The molecule has 0 aliphatic carbocycles. The Balaban J connectivity index is 1.95. The molecule has 3 rings (SSSR count). The van der Waals surface area contributed by atoms with Gasteiger partial charge in [-0.3, -0.25) is 9.59 Å². The first-order chi connectivity index (χ1) is 15.2. The highest BCUT2D eigenvalue weighted by atomic mass is 16.5. The summed E-state index contributed by atoms with van der Waals surface area (Å²) in [5, 5.41) is 2.02. The van der Waals surface area contributed by atoms with Gasteiger partial charge in [-0.25, -0.2) is 4.79 Å². The Kier molecular flexibility index (Phi) is 6.82. The van der Waals surface area contributed by atoms with Gasteiger partial charge in [0, 0.05) is 22.9 Å². The molecule has 1 unspecified atom stereocenters. The van der Waals surface area contributed by atoms with Crippen LogP contribution in [0.2, 0.25) is 0 Å². The van der Waals surface area contributed by atoms with Crippen molar-refractivity contribution in [3.05, 3.63) is 70.5 Å². The number of carbonyl (C=O) groups excluding carboxylic acids is 3. The largest absolute Gasteiger partial charge is 0.461 e. The second kappa shape index (κ2) is 9.39. The van der Waals surface area contributed by atoms with Gasteiger partial charge in [0.25, 0.3) is 5.91 Å². The van der Waals surface area contributed by atoms with Crippen LogP contribution in [0.25, 0.3) is 10.8 Å². The zero-order valence-electron chi connectivity index (χ0n) is 19.5. The van der Waals surface area contributed by atoms with Gasteiger partial charge in [-0.2, -0.15) is 0 Å². The minimum absolute atomic E-state index is 0.197. The second-order valence-electron chi connectivity index (χ2n) is 8.25. The van der Waals surface area contributed by atoms with Gasteiger partial charge in [0.05, 0.1) is 12.6 Å². The zero-order valence-corrected chi connectivity index (χ0v) is 19.5. The van der Waals surface area contributed by atoms with Crippen molar-refractivity contribution in [2.45, 2.75) is 53.6 Å². The highest BCUT2D eigenvalue weighted by Crippen LogP contribution is 2.24. The molecular weight excluding hydrogens is 404 g/mol. The summed E-state index contributed by atoms with van der Waals surface area (Å²) in [5.74, 6) is -0.912. The number of ketones is 1. The molecule has 0 saturated heterocycles. The molecule has 3 aromatic rings. The van der Waals surface area contributed by atoms with Gasteiger partial charge in [0.1, 0.15) is 5.69 Å². The number of Topliss-reactive ketones (excluding diaryl/α,β-unsaturated/α-hetero) is 1. The smallest absolute Gasteiger partial charge is 0.355 e. The van der Waals surface area contributed by atoms with Crippen LogP contribution < -0.4 is 0 Å². The maximum atomic E-state index is 13.5. The first kappa shape index (κ1) is 23.3. The third-order valence-corrected chi connectivity index (χ3v) is 5.75. The number of hydrogen-bond acceptors (Lipinski definition) is 4. The molecule has 0 bridgehead atoms. The van der Waals surface area contributed by atoms with Crippen LogP contribution in [0, 0.1) is 13.8 Å². The van der Waals surface area contributed by atoms with Crippen molar-refractivity contribution in [1.29, 1.82) is 0 Å². The minimum Gasteiger partial charge on any atom is -0.461 e. The number of fused-ring (bicyclic) bond motifs is 1. The Morgan fingerprint density at radius 3 is 2.28 bits per heavy atom. The van der Waals surface area contributed by atoms with Gasteiger partial charge in [-0.1, -0.05) is 30.3 Å². The predicted octanol–water partition coefficient (Wildman–Crippen LogP) is 5.08. The van der Waals surface area contributed by atoms with Crippen molar-refractivity contribution in [3.63, 3.8) is 0 Å². The van der Waals surface area contributed by atoms with E-state index in [1.807, 2.05) is 50.2 Å². The van der Waals surface area contributed by atoms with Gasteiger partial charge in [0.2, 0.25) is 0 Å². The quantitative estimate of drug-likeness (QED) is 0.415. The molecule has 0 aliphatic heterocycles. The number of H-pyrrole nitrogens is 1. The van der Waals surface area contributed by atoms with Crippen molar-refractivity contribution in [2.24, 2.45) is 0 Å². The number of aromatic nitrogens is 1. The summed E-state index contributed by atoms with van der Waals surface area (Å²) >= 11 is 0. The molecule has 1 atom stereocenters. The Labute approximate surface area is 188 Å². The number of nitrogens with one attached hydrogen (secondary N) is 1. The van der Waals surface area contributed by atoms with Crippen LogP contribution in [0.4, 0.5) is 0 Å². The van der Waals surface area contributed by atoms with Gasteiger partial charge >= 0.3 is 5.97 Å². The highest BCUT2D eigenvalue weighted by molar-refractivity contribution is 6.08. The van der Waals surface area contributed by atoms with Crippen LogP contribution in [0.1, 0.15) is 70.2 Å². The van der Waals surface area contributed by atoms with Crippen molar-refractivity contribution >= 4 is 28.4 Å². The molecule has 0 fully saturated rings. The number of hydrogen-bond donors (Lipinski definition) is 1. The summed E-state index contributed by atoms with van der Waals surface area (Å²) in [6.45, 7) is 11.0. The maximum absolute atomic E-state index is 13.5. The molecule has 2 aromatic carbocycles. The molecule has 1 amide bonds. The summed E-state index contributed by atoms with van der Waals surface area (Å²) in [6.07, 6.45) is 0. The lowest BCUT2D eigenvalue weighted by Gasteiger charge is -2.32. The van der Waals surface area contributed by atoms with E-state index >= 15 is 0 Å². The molecule has 0 radical (unpaired) electrons. The Morgan fingerprint density at radius 2 is 1.66 bits per heavy atom. The summed E-state index contributed by atoms with van der Waals surface area (Å²) in [4.78, 5) is 43.8. The summed E-state index contributed by atoms with van der Waals surface area (Å²) < 4.78 is 5.09. The highest BCUT2D eigenvalue weighted by Gasteiger charge is 2.33. The van der Waals surface area contributed by atoms with E-state index in [0.717, 1.165) is 10.8 Å². The van der Waals surface area contributed by atoms with E-state index < -0.39 is 12.0 Å². The lowest BCUT2D eigenvalue weighted by molar-refractivity contribution is 0.0518. The average Bonchev–Trinajstić information content (AvgIpc) is 3.06. The minimum atomic E-state index is -0.711. The predicted molar refractivity (Wildman–Crippen MR) is 125 cm³/mol. The summed E-state index contributed by atoms with van der Waals surface area (Å²) in [6, 6.07) is 12.5. The molecule has 0 spiro atoms. The molecule has 168 valence electrons. The van der Waals surface area contributed by atoms with Crippen molar-refractivity contribution in [3.8, 4) is 0 Å². The number of esters is 1. The molecule has 6 heteroatoms. The van der Waals surface area contributed by atoms with E-state index in [9.17, 15) is 14.4 Å². The fourth-order valence-corrected chi connectivity index (χ4v) is 4.19. The number of amides is 1. The number of aryl methyl sites for hydroxylation is 1. The Hall–Kier alpha value is -3.41. The fraction of sp³-hybridized carbons (Fsp3) is 0.346. The first-order valence-corrected chi connectivity index (χ1v) is 10.9. The zero-order chi connectivity index (χ0) is 23.6. The number of benzene rings is 2. The topological polar surface area (TPSA) is 79.5 Å². The normalized spacial score (nSPS) is 12.1. The van der Waals surface area contributed by atoms with E-state index in [1.165, 1.54) is 0 Å². The van der Waals surface area contributed by atoms with Crippen LogP contribution in [0.5, 0.6) is 0 Å². The fourth-order valence-electron chi connectivity index (χ4n) is 4.19. The second-order valence-corrected chi connectivity index (χ2v) is 8.25. The maximum Gasteiger partial charge on any atom is 0.355 e. The third kappa shape index (κ3) is 4.31. The van der Waals surface area contributed by atoms with Crippen molar-refractivity contribution < 1.29 is 19.1 Å². The SMILES string of the molecule is CCOC(=O)c1[nH]c(C)c(C(=O)C(C)N(C(=O)c2ccc3ccccc3c2)C(C)C)c1C. The number of ether oxygens (including phenoxy) is 1. The van der Waals surface area contributed by atoms with Gasteiger partial charge in [-0.15, -0.1) is 0 Å². The Morgan fingerprint density at radius 1 is 1.00 bits per heavy atom. The van der Waals surface area contributed by atoms with Crippen LogP contribution in [0.3, 0.4) is 0 Å². The van der Waals surface area contributed by atoms with E-state index in [2.05, 4.69) is 4.98 Å². The molecule has 6 nitrogen and oxygen atoms in total. The number of carbonyl (C=O) groups is 3. The number of rotatable bonds is 7. The lowest BCUT2D eigenvalue weighted by Crippen LogP contribution is -2.47. The van der Waals surface area contributed by atoms with E-state index in [0.29, 0.717) is 22.4 Å². The summed E-state index contributed by atoms with van der Waals surface area (Å²) in [7, 11) is 0. The monoisotopic (exact) mass is 434 g/mol. The van der Waals surface area contributed by atoms with Gasteiger partial charge in [-0.05, 0) is 70.0 Å². The van der Waals surface area contributed by atoms with E-state index in [4.69, 9.17) is 4.74 Å². The standard InChI is InChI=1S/C26H30N2O4/c1-7-32-26(31)23-16(4)22(17(5)27-23)24(29)18(6)28(15(2)3)25(30)21-13-12-19-10-8-9-11-20(19)14-21/h8-15,18,27H,7H2,1-6H3. The molecule has 1 N–H and O–H groups in total. The van der Waals surface area contributed by atoms with Crippen molar-refractivity contribution in [1.82, 2.24) is 9.88 Å². The van der Waals surface area contributed by atoms with Crippen LogP contribution in [-0.4, -0.2) is 46.2 Å². The van der Waals surface area contributed by atoms with Crippen LogP contribution >= 0.6 is 0 Å². The molecule has 0 aliphatic rings. The van der Waals surface area contributed by atoms with E-state index in [1.54, 1.807) is 38.7 Å². The molecule has 1 aromatic heterocycles. The number of aromatic amines is 1. The first-order valence-electron chi connectivity index (χ1n) is 10.9. The van der Waals surface area contributed by atoms with Crippen LogP contribution in [0.15, 0.2) is 42.5 Å². The third-order valence-electron chi connectivity index (χ3n) is 5.75. The molecule has 1 heterocycles. The van der Waals surface area contributed by atoms with Crippen molar-refractivity contribution in [2.75, 3.05) is 6.61 Å². The average molecular weight is 435 g/mol. The lowest BCUT2D eigenvalue weighted by atomic mass is 9.98. The Bertz CT molecular complexity index is 1180. The number of nitrogens with zero attached hydrogens (tertiary/aromatic N) is 1. The van der Waals surface area contributed by atoms with Gasteiger partial charge < -0.3 is 14.6 Å². The molecular formula is C26H30N2O4. The molecule has 0 saturated carbocycles. The van der Waals surface area contributed by atoms with Crippen LogP contribution in [-0.2, 0) is 4.74 Å². The summed E-state index contributed by atoms with van der Waals surface area (Å²) in [5.41, 5.74) is 2.37. The van der Waals surface area contributed by atoms with Gasteiger partial charge in [0.15, 0.2) is 5.78 Å². The van der Waals surface area contributed by atoms with E-state index in [-0.39, 0.29) is 30.0 Å².